The molecule has 7 heteroatoms. The summed E-state index contributed by atoms with van der Waals surface area (Å²) in [6, 6.07) is 1.98. The van der Waals surface area contributed by atoms with Gasteiger partial charge >= 0.3 is 6.09 Å². The molecular weight excluding hydrogens is 300 g/mol. The fourth-order valence-electron chi connectivity index (χ4n) is 2.44. The third kappa shape index (κ3) is 2.31. The molecule has 6 nitrogen and oxygen atoms in total. The number of pyridine rings is 1. The van der Waals surface area contributed by atoms with Crippen molar-refractivity contribution in [3.63, 3.8) is 0 Å². The molecule has 0 fully saturated rings. The van der Waals surface area contributed by atoms with Crippen molar-refractivity contribution in [2.75, 3.05) is 5.73 Å². The Balaban J connectivity index is 2.30. The molecule has 22 heavy (non-hydrogen) atoms. The van der Waals surface area contributed by atoms with Gasteiger partial charge in [-0.3, -0.25) is 0 Å². The number of nitrogens with two attached hydrogens (primary N) is 1. The highest BCUT2D eigenvalue weighted by atomic mass is 32.1. The van der Waals surface area contributed by atoms with Crippen LogP contribution in [0, 0.1) is 13.8 Å². The predicted octanol–water partition coefficient (Wildman–Crippen LogP) is 3.63. The fourth-order valence-corrected chi connectivity index (χ4v) is 3.61. The van der Waals surface area contributed by atoms with E-state index in [-0.39, 0.29) is 0 Å². The number of ether oxygens (including phenoxy) is 1. The summed E-state index contributed by atoms with van der Waals surface area (Å²) in [6.07, 6.45) is -0.533. The molecule has 0 atom stereocenters. The summed E-state index contributed by atoms with van der Waals surface area (Å²) in [5.74, 6) is 0.320. The zero-order chi connectivity index (χ0) is 16.2. The van der Waals surface area contributed by atoms with E-state index in [0.717, 1.165) is 26.2 Å². The van der Waals surface area contributed by atoms with Crippen LogP contribution in [0.1, 0.15) is 32.0 Å². The molecule has 0 saturated carbocycles. The minimum Gasteiger partial charge on any atom is -0.442 e. The lowest BCUT2D eigenvalue weighted by atomic mass is 10.1. The molecule has 3 heterocycles. The van der Waals surface area contributed by atoms with Crippen LogP contribution in [0.25, 0.3) is 20.4 Å². The number of hydrogen-bond donors (Lipinski definition) is 1. The topological polar surface area (TPSA) is 83.0 Å². The number of aryl methyl sites for hydroxylation is 2. The fraction of sp³-hybridized carbons (Fsp3) is 0.400. The molecule has 0 aromatic carbocycles. The second-order valence-corrected chi connectivity index (χ2v) is 7.32. The van der Waals surface area contributed by atoms with Gasteiger partial charge in [0.15, 0.2) is 5.82 Å². The number of fused-ring (bicyclic) bond motifs is 3. The first-order chi connectivity index (χ1) is 10.2. The largest absolute Gasteiger partial charge is 0.442 e. The van der Waals surface area contributed by atoms with Crippen molar-refractivity contribution < 1.29 is 9.53 Å². The average Bonchev–Trinajstić information content (AvgIpc) is 2.85. The van der Waals surface area contributed by atoms with Crippen LogP contribution < -0.4 is 5.73 Å². The number of carbonyl (C=O) groups excluding carboxylic acids is 1. The van der Waals surface area contributed by atoms with Crippen LogP contribution in [0.3, 0.4) is 0 Å². The molecule has 0 bridgehead atoms. The van der Waals surface area contributed by atoms with Crippen molar-refractivity contribution in [1.29, 1.82) is 0 Å². The average molecular weight is 318 g/mol. The third-order valence-electron chi connectivity index (χ3n) is 3.18. The van der Waals surface area contributed by atoms with Gasteiger partial charge in [-0.25, -0.2) is 9.78 Å². The van der Waals surface area contributed by atoms with E-state index in [1.807, 2.05) is 40.7 Å². The van der Waals surface area contributed by atoms with Gasteiger partial charge in [0, 0.05) is 11.1 Å². The molecule has 0 radical (unpaired) electrons. The molecule has 0 amide bonds. The van der Waals surface area contributed by atoms with Crippen LogP contribution >= 0.6 is 11.3 Å². The molecule has 3 aromatic heterocycles. The number of nitrogens with zero attached hydrogens (tertiary/aromatic N) is 3. The van der Waals surface area contributed by atoms with E-state index in [0.29, 0.717) is 11.3 Å². The first kappa shape index (κ1) is 14.8. The highest BCUT2D eigenvalue weighted by Crippen LogP contribution is 2.38. The molecule has 3 aromatic rings. The van der Waals surface area contributed by atoms with Gasteiger partial charge in [-0.1, -0.05) is 0 Å². The maximum absolute atomic E-state index is 12.4. The summed E-state index contributed by atoms with van der Waals surface area (Å²) in [5.41, 5.74) is 8.03. The number of nitrogen functional groups attached to an aromatic ring is 1. The van der Waals surface area contributed by atoms with Gasteiger partial charge in [0.1, 0.15) is 15.9 Å². The first-order valence-electron chi connectivity index (χ1n) is 6.95. The summed E-state index contributed by atoms with van der Waals surface area (Å²) in [5, 5.41) is 5.05. The van der Waals surface area contributed by atoms with Crippen LogP contribution in [0.5, 0.6) is 0 Å². The number of carbonyl (C=O) groups is 1. The molecule has 0 aliphatic heterocycles. The molecule has 0 unspecified atom stereocenters. The molecule has 2 N–H and O–H groups in total. The second-order valence-electron chi connectivity index (χ2n) is 6.32. The lowest BCUT2D eigenvalue weighted by Crippen LogP contribution is -2.27. The monoisotopic (exact) mass is 318 g/mol. The number of anilines is 1. The van der Waals surface area contributed by atoms with E-state index in [9.17, 15) is 4.79 Å². The minimum atomic E-state index is -0.597. The van der Waals surface area contributed by atoms with Gasteiger partial charge in [-0.2, -0.15) is 4.68 Å². The predicted molar refractivity (Wildman–Crippen MR) is 88.4 cm³/mol. The minimum absolute atomic E-state index is 0.320. The summed E-state index contributed by atoms with van der Waals surface area (Å²) in [7, 11) is 0. The Morgan fingerprint density at radius 3 is 2.68 bits per heavy atom. The van der Waals surface area contributed by atoms with E-state index in [1.165, 1.54) is 16.0 Å². The quantitative estimate of drug-likeness (QED) is 0.684. The van der Waals surface area contributed by atoms with Crippen molar-refractivity contribution in [3.8, 4) is 0 Å². The van der Waals surface area contributed by atoms with Gasteiger partial charge < -0.3 is 10.5 Å². The zero-order valence-corrected chi connectivity index (χ0v) is 14.0. The molecule has 116 valence electrons. The van der Waals surface area contributed by atoms with Gasteiger partial charge in [0.2, 0.25) is 0 Å². The van der Waals surface area contributed by atoms with Crippen LogP contribution in [0.4, 0.5) is 10.6 Å². The lowest BCUT2D eigenvalue weighted by molar-refractivity contribution is 0.0523. The Morgan fingerprint density at radius 1 is 1.36 bits per heavy atom. The van der Waals surface area contributed by atoms with Crippen LogP contribution in [0.15, 0.2) is 6.07 Å². The highest BCUT2D eigenvalue weighted by molar-refractivity contribution is 7.26. The molecule has 3 rings (SSSR count). The molecule has 0 aliphatic carbocycles. The van der Waals surface area contributed by atoms with Crippen LogP contribution in [0.2, 0.25) is 0 Å². The number of aromatic nitrogens is 3. The SMILES string of the molecule is Cc1cc(C)c2c(n1)sc1c(N)nn(C(=O)OC(C)(C)C)c12. The van der Waals surface area contributed by atoms with Gasteiger partial charge in [-0.05, 0) is 46.2 Å². The first-order valence-corrected chi connectivity index (χ1v) is 7.77. The van der Waals surface area contributed by atoms with Crippen molar-refractivity contribution in [2.24, 2.45) is 0 Å². The molecule has 0 saturated heterocycles. The van der Waals surface area contributed by atoms with Crippen LogP contribution in [-0.2, 0) is 4.74 Å². The summed E-state index contributed by atoms with van der Waals surface area (Å²) in [4.78, 5) is 17.8. The van der Waals surface area contributed by atoms with Gasteiger partial charge in [0.05, 0.1) is 4.70 Å². The highest BCUT2D eigenvalue weighted by Gasteiger charge is 2.25. The standard InChI is InChI=1S/C15H18N4O2S/c1-7-6-8(2)17-13-9(7)10-11(22-13)12(16)18-19(10)14(20)21-15(3,4)5/h6H,1-5H3,(H2,16,18). The number of hydrogen-bond acceptors (Lipinski definition) is 6. The zero-order valence-electron chi connectivity index (χ0n) is 13.2. The number of thiophene rings is 1. The molecule has 0 aliphatic rings. The van der Waals surface area contributed by atoms with E-state index >= 15 is 0 Å². The van der Waals surface area contributed by atoms with Crippen molar-refractivity contribution in [2.45, 2.75) is 40.2 Å². The van der Waals surface area contributed by atoms with Crippen LogP contribution in [-0.4, -0.2) is 26.5 Å². The lowest BCUT2D eigenvalue weighted by Gasteiger charge is -2.19. The Labute approximate surface area is 131 Å². The summed E-state index contributed by atoms with van der Waals surface area (Å²) < 4.78 is 7.43. The third-order valence-corrected chi connectivity index (χ3v) is 4.28. The normalized spacial score (nSPS) is 12.2. The Morgan fingerprint density at radius 2 is 2.05 bits per heavy atom. The smallest absolute Gasteiger partial charge is 0.435 e. The van der Waals surface area contributed by atoms with E-state index in [1.54, 1.807) is 0 Å². The summed E-state index contributed by atoms with van der Waals surface area (Å²) >= 11 is 1.45. The van der Waals surface area contributed by atoms with Crippen molar-refractivity contribution in [3.05, 3.63) is 17.3 Å². The molecule has 0 spiro atoms. The summed E-state index contributed by atoms with van der Waals surface area (Å²) in [6.45, 7) is 9.39. The molecular formula is C15H18N4O2S. The maximum atomic E-state index is 12.4. The maximum Gasteiger partial charge on any atom is 0.435 e. The Hall–Kier alpha value is -2.15. The van der Waals surface area contributed by atoms with E-state index in [4.69, 9.17) is 10.5 Å². The van der Waals surface area contributed by atoms with Crippen molar-refractivity contribution in [1.82, 2.24) is 14.8 Å². The Bertz CT molecular complexity index is 902. The van der Waals surface area contributed by atoms with Gasteiger partial charge in [-0.15, -0.1) is 16.4 Å². The van der Waals surface area contributed by atoms with Gasteiger partial charge in [0.25, 0.3) is 0 Å². The van der Waals surface area contributed by atoms with Crippen molar-refractivity contribution >= 4 is 43.7 Å². The number of rotatable bonds is 0. The van der Waals surface area contributed by atoms with E-state index in [2.05, 4.69) is 10.1 Å². The second kappa shape index (κ2) is 4.67. The van der Waals surface area contributed by atoms with E-state index < -0.39 is 11.7 Å². The Kier molecular flexibility index (Phi) is 3.14.